The van der Waals surface area contributed by atoms with Crippen LogP contribution in [0, 0.1) is 11.3 Å². The highest BCUT2D eigenvalue weighted by molar-refractivity contribution is 6.02. The maximum atomic E-state index is 14.8. The summed E-state index contributed by atoms with van der Waals surface area (Å²) in [6.07, 6.45) is 8.40. The quantitative estimate of drug-likeness (QED) is 0.436. The topological polar surface area (TPSA) is 106 Å². The monoisotopic (exact) mass is 654 g/mol. The molecule has 47 heavy (non-hydrogen) atoms. The Morgan fingerprint density at radius 2 is 1.89 bits per heavy atom. The zero-order valence-corrected chi connectivity index (χ0v) is 28.2. The number of aromatic nitrogens is 2. The minimum Gasteiger partial charge on any atom is -0.495 e. The summed E-state index contributed by atoms with van der Waals surface area (Å²) >= 11 is 0. The molecule has 2 aromatic rings. The van der Waals surface area contributed by atoms with Gasteiger partial charge in [-0.1, -0.05) is 0 Å². The fourth-order valence-corrected chi connectivity index (χ4v) is 7.71. The molecule has 1 aliphatic carbocycles. The van der Waals surface area contributed by atoms with Gasteiger partial charge in [0, 0.05) is 38.3 Å². The molecule has 1 aromatic heterocycles. The highest BCUT2D eigenvalue weighted by Gasteiger charge is 2.48. The van der Waals surface area contributed by atoms with Crippen molar-refractivity contribution in [3.05, 3.63) is 30.0 Å². The largest absolute Gasteiger partial charge is 0.495 e. The fraction of sp³-hybridized carbons (Fsp3) is 0.647. The second-order valence-electron chi connectivity index (χ2n) is 14.2. The van der Waals surface area contributed by atoms with Gasteiger partial charge in [0.15, 0.2) is 5.82 Å². The number of fused-ring (bicyclic) bond motifs is 1. The van der Waals surface area contributed by atoms with Gasteiger partial charge in [-0.15, -0.1) is 0 Å². The van der Waals surface area contributed by atoms with Gasteiger partial charge in [0.25, 0.3) is 11.8 Å². The van der Waals surface area contributed by atoms with Crippen molar-refractivity contribution in [2.24, 2.45) is 11.3 Å². The summed E-state index contributed by atoms with van der Waals surface area (Å²) in [4.78, 5) is 41.5. The zero-order valence-electron chi connectivity index (χ0n) is 28.2. The third kappa shape index (κ3) is 6.74. The Labute approximate surface area is 276 Å². The van der Waals surface area contributed by atoms with Crippen molar-refractivity contribution in [2.45, 2.75) is 70.4 Å². The first-order chi connectivity index (χ1) is 22.4. The van der Waals surface area contributed by atoms with Gasteiger partial charge in [-0.3, -0.25) is 9.59 Å². The summed E-state index contributed by atoms with van der Waals surface area (Å²) in [5, 5.41) is 6.69. The summed E-state index contributed by atoms with van der Waals surface area (Å²) in [7, 11) is 4.58. The Balaban J connectivity index is 1.09. The number of anilines is 4. The van der Waals surface area contributed by atoms with Crippen LogP contribution in [0.25, 0.3) is 0 Å². The third-order valence-corrected chi connectivity index (χ3v) is 10.7. The van der Waals surface area contributed by atoms with E-state index < -0.39 is 18.4 Å². The van der Waals surface area contributed by atoms with E-state index in [2.05, 4.69) is 25.5 Å². The number of hydrogen-bond donors (Lipinski definition) is 2. The molecule has 11 nitrogen and oxygen atoms in total. The fourth-order valence-electron chi connectivity index (χ4n) is 7.71. The smallest absolute Gasteiger partial charge is 0.342 e. The van der Waals surface area contributed by atoms with E-state index in [1.165, 1.54) is 57.5 Å². The summed E-state index contributed by atoms with van der Waals surface area (Å²) in [6, 6.07) is 5.04. The van der Waals surface area contributed by atoms with Crippen LogP contribution in [0.3, 0.4) is 0 Å². The Bertz CT molecular complexity index is 1470. The van der Waals surface area contributed by atoms with Crippen LogP contribution in [0.1, 0.15) is 62.7 Å². The zero-order chi connectivity index (χ0) is 33.5. The first-order valence-electron chi connectivity index (χ1n) is 16.8. The van der Waals surface area contributed by atoms with Crippen molar-refractivity contribution in [2.75, 3.05) is 75.2 Å². The predicted octanol–water partition coefficient (Wildman–Crippen LogP) is 4.05. The molecule has 2 saturated heterocycles. The van der Waals surface area contributed by atoms with Crippen molar-refractivity contribution >= 4 is 35.0 Å². The van der Waals surface area contributed by atoms with E-state index in [4.69, 9.17) is 4.74 Å². The van der Waals surface area contributed by atoms with Crippen LogP contribution in [0.15, 0.2) is 24.4 Å². The summed E-state index contributed by atoms with van der Waals surface area (Å²) in [5.74, 6) is -3.27. The molecule has 3 fully saturated rings. The molecule has 0 radical (unpaired) electrons. The van der Waals surface area contributed by atoms with Crippen molar-refractivity contribution < 1.29 is 23.1 Å². The molecular formula is C34H48F2N8O3. The van der Waals surface area contributed by atoms with Gasteiger partial charge in [0.05, 0.1) is 25.5 Å². The first kappa shape index (κ1) is 33.3. The number of nitrogens with zero attached hydrogens (tertiary/aromatic N) is 6. The number of rotatable bonds is 8. The Kier molecular flexibility index (Phi) is 9.32. The van der Waals surface area contributed by atoms with E-state index in [1.807, 2.05) is 0 Å². The molecule has 3 aliphatic heterocycles. The molecule has 4 heterocycles. The molecule has 2 N–H and O–H groups in total. The minimum absolute atomic E-state index is 0.136. The lowest BCUT2D eigenvalue weighted by molar-refractivity contribution is -0.140. The molecule has 256 valence electrons. The minimum atomic E-state index is -3.57. The third-order valence-electron chi connectivity index (χ3n) is 10.7. The number of alkyl halides is 2. The van der Waals surface area contributed by atoms with Crippen LogP contribution >= 0.6 is 0 Å². The molecule has 1 spiro atoms. The van der Waals surface area contributed by atoms with Crippen molar-refractivity contribution in [3.8, 4) is 5.75 Å². The Morgan fingerprint density at radius 3 is 2.55 bits per heavy atom. The van der Waals surface area contributed by atoms with Crippen LogP contribution < -0.4 is 30.1 Å². The van der Waals surface area contributed by atoms with E-state index in [-0.39, 0.29) is 35.4 Å². The Morgan fingerprint density at radius 1 is 1.19 bits per heavy atom. The van der Waals surface area contributed by atoms with Crippen molar-refractivity contribution in [1.29, 1.82) is 0 Å². The first-order valence-corrected chi connectivity index (χ1v) is 16.8. The van der Waals surface area contributed by atoms with E-state index >= 15 is 0 Å². The van der Waals surface area contributed by atoms with Crippen LogP contribution in [-0.2, 0) is 4.79 Å². The van der Waals surface area contributed by atoms with Crippen molar-refractivity contribution in [3.63, 3.8) is 0 Å². The standard InChI is InChI=1S/C34H48F2N8O3/c1-22(2)44-21-34(35,36)31(46)41(3)27-19-38-32(40-29(27)44)42(4)26-7-6-24(16-28(26)47-5)30(45)39-25-17-33(18-25)10-14-43(15-11-33)20-23-8-12-37-13-9-23/h6-7,16,19,22-23,25,37H,8-15,17-18,20-21H2,1-5H3,(H,39,45). The van der Waals surface area contributed by atoms with Gasteiger partial charge in [0.1, 0.15) is 11.4 Å². The molecule has 13 heteroatoms. The van der Waals surface area contributed by atoms with Gasteiger partial charge in [0.2, 0.25) is 5.95 Å². The molecule has 4 aliphatic rings. The molecule has 0 atom stereocenters. The van der Waals surface area contributed by atoms with Gasteiger partial charge >= 0.3 is 5.92 Å². The average Bonchev–Trinajstić information content (AvgIpc) is 3.13. The van der Waals surface area contributed by atoms with E-state index in [1.54, 1.807) is 44.0 Å². The molecule has 0 bridgehead atoms. The van der Waals surface area contributed by atoms with Crippen LogP contribution in [-0.4, -0.2) is 105 Å². The number of methoxy groups -OCH3 is 1. The van der Waals surface area contributed by atoms with Crippen LogP contribution in [0.5, 0.6) is 5.75 Å². The number of halogens is 2. The number of piperidine rings is 2. The van der Waals surface area contributed by atoms with Gasteiger partial charge in [-0.2, -0.15) is 13.8 Å². The second-order valence-corrected chi connectivity index (χ2v) is 14.2. The number of nitrogens with one attached hydrogen (secondary N) is 2. The average molecular weight is 655 g/mol. The molecule has 1 aromatic carbocycles. The number of hydrogen-bond acceptors (Lipinski definition) is 9. The van der Waals surface area contributed by atoms with Crippen LogP contribution in [0.2, 0.25) is 0 Å². The molecule has 0 unspecified atom stereocenters. The molecule has 1 saturated carbocycles. The highest BCUT2D eigenvalue weighted by Crippen LogP contribution is 2.49. The number of carbonyl (C=O) groups is 2. The number of carbonyl (C=O) groups excluding carboxylic acids is 2. The molecule has 6 rings (SSSR count). The number of likely N-dealkylation sites (tertiary alicyclic amines) is 1. The lowest BCUT2D eigenvalue weighted by Gasteiger charge is -2.52. The SMILES string of the molecule is COc1cc(C(=O)NC2CC3(CCN(CC4CCNCC4)CC3)C2)ccc1N(C)c1ncc2c(n1)N(C(C)C)CC(F)(F)C(=O)N2C. The lowest BCUT2D eigenvalue weighted by atomic mass is 9.60. The van der Waals surface area contributed by atoms with Gasteiger partial charge in [-0.05, 0) is 108 Å². The summed E-state index contributed by atoms with van der Waals surface area (Å²) in [5.41, 5.74) is 1.65. The molecule has 2 amide bonds. The second kappa shape index (κ2) is 13.1. The lowest BCUT2D eigenvalue weighted by Crippen LogP contribution is -2.55. The Hall–Kier alpha value is -3.58. The summed E-state index contributed by atoms with van der Waals surface area (Å²) < 4.78 is 35.2. The maximum Gasteiger partial charge on any atom is 0.342 e. The number of benzene rings is 1. The summed E-state index contributed by atoms with van der Waals surface area (Å²) in [6.45, 7) is 8.58. The van der Waals surface area contributed by atoms with Crippen molar-refractivity contribution in [1.82, 2.24) is 25.5 Å². The number of amides is 2. The molecular weight excluding hydrogens is 606 g/mol. The highest BCUT2D eigenvalue weighted by atomic mass is 19.3. The van der Waals surface area contributed by atoms with E-state index in [0.29, 0.717) is 22.4 Å². The van der Waals surface area contributed by atoms with E-state index in [0.717, 1.165) is 49.8 Å². The normalized spacial score (nSPS) is 21.7. The van der Waals surface area contributed by atoms with Gasteiger partial charge < -0.3 is 35.0 Å². The van der Waals surface area contributed by atoms with E-state index in [9.17, 15) is 18.4 Å². The van der Waals surface area contributed by atoms with Crippen LogP contribution in [0.4, 0.5) is 31.9 Å². The maximum absolute atomic E-state index is 14.8. The number of ether oxygens (including phenoxy) is 1. The van der Waals surface area contributed by atoms with Gasteiger partial charge in [-0.25, -0.2) is 4.98 Å². The predicted molar refractivity (Wildman–Crippen MR) is 178 cm³/mol.